The first-order chi connectivity index (χ1) is 4.43. The van der Waals surface area contributed by atoms with Gasteiger partial charge in [-0.05, 0) is 0 Å². The van der Waals surface area contributed by atoms with Crippen LogP contribution in [0.2, 0.25) is 5.32 Å². The molecule has 1 aliphatic heterocycles. The zero-order valence-corrected chi connectivity index (χ0v) is 7.90. The fourth-order valence-electron chi connectivity index (χ4n) is 0.606. The molecule has 0 N–H and O–H groups in total. The van der Waals surface area contributed by atoms with Gasteiger partial charge in [-0.2, -0.15) is 0 Å². The van der Waals surface area contributed by atoms with Crippen LogP contribution in [0.25, 0.3) is 0 Å². The molecule has 1 unspecified atom stereocenters. The van der Waals surface area contributed by atoms with Gasteiger partial charge in [-0.25, -0.2) is 0 Å². The number of rotatable bonds is 2. The molecule has 1 atom stereocenters. The Kier molecular flexibility index (Phi) is 3.75. The predicted octanol–water partition coefficient (Wildman–Crippen LogP) is 1.69. The summed E-state index contributed by atoms with van der Waals surface area (Å²) in [6.45, 7) is 2.90. The SMILES string of the molecule is CCOC1C[Se]C=CS1. The Morgan fingerprint density at radius 3 is 3.33 bits per heavy atom. The van der Waals surface area contributed by atoms with Crippen molar-refractivity contribution in [3.05, 3.63) is 10.4 Å². The van der Waals surface area contributed by atoms with Crippen LogP contribution in [0.5, 0.6) is 0 Å². The summed E-state index contributed by atoms with van der Waals surface area (Å²) in [4.78, 5) is 2.26. The molecule has 0 saturated carbocycles. The van der Waals surface area contributed by atoms with Crippen LogP contribution in [0.3, 0.4) is 0 Å². The Balaban J connectivity index is 2.18. The monoisotopic (exact) mass is 210 g/mol. The molecular formula is C6H10OSSe. The maximum absolute atomic E-state index is 5.41. The molecule has 52 valence electrons. The van der Waals surface area contributed by atoms with Crippen LogP contribution in [0.4, 0.5) is 0 Å². The normalized spacial score (nSPS) is 26.6. The minimum atomic E-state index is 0.458. The van der Waals surface area contributed by atoms with E-state index in [0.29, 0.717) is 20.4 Å². The quantitative estimate of drug-likeness (QED) is 0.640. The molecule has 1 nitrogen and oxygen atoms in total. The second-order valence-corrected chi connectivity index (χ2v) is 4.67. The minimum absolute atomic E-state index is 0.458. The van der Waals surface area contributed by atoms with E-state index >= 15 is 0 Å². The van der Waals surface area contributed by atoms with Gasteiger partial charge in [-0.15, -0.1) is 0 Å². The van der Waals surface area contributed by atoms with Gasteiger partial charge in [0.25, 0.3) is 0 Å². The van der Waals surface area contributed by atoms with E-state index in [9.17, 15) is 0 Å². The average molecular weight is 209 g/mol. The van der Waals surface area contributed by atoms with Crippen LogP contribution in [0.15, 0.2) is 10.4 Å². The molecule has 0 aromatic carbocycles. The van der Waals surface area contributed by atoms with E-state index in [-0.39, 0.29) is 0 Å². The Labute approximate surface area is 66.4 Å². The van der Waals surface area contributed by atoms with Crippen LogP contribution in [0, 0.1) is 0 Å². The third-order valence-corrected chi connectivity index (χ3v) is 4.46. The van der Waals surface area contributed by atoms with Crippen molar-refractivity contribution in [1.29, 1.82) is 0 Å². The third-order valence-electron chi connectivity index (χ3n) is 0.967. The van der Waals surface area contributed by atoms with Crippen molar-refractivity contribution in [2.45, 2.75) is 17.7 Å². The summed E-state index contributed by atoms with van der Waals surface area (Å²) in [6.07, 6.45) is 0. The zero-order valence-electron chi connectivity index (χ0n) is 5.37. The summed E-state index contributed by atoms with van der Waals surface area (Å²) in [7, 11) is 0. The first kappa shape index (κ1) is 7.67. The van der Waals surface area contributed by atoms with E-state index in [1.54, 1.807) is 11.8 Å². The molecule has 1 rings (SSSR count). The molecule has 0 spiro atoms. The van der Waals surface area contributed by atoms with E-state index in [1.165, 1.54) is 5.32 Å². The molecule has 9 heavy (non-hydrogen) atoms. The van der Waals surface area contributed by atoms with E-state index in [2.05, 4.69) is 10.4 Å². The second kappa shape index (κ2) is 4.40. The van der Waals surface area contributed by atoms with Crippen LogP contribution in [-0.4, -0.2) is 27.0 Å². The number of hydrogen-bond donors (Lipinski definition) is 0. The first-order valence-electron chi connectivity index (χ1n) is 2.97. The average Bonchev–Trinajstić information content (AvgIpc) is 1.91. The second-order valence-electron chi connectivity index (χ2n) is 1.63. The van der Waals surface area contributed by atoms with Gasteiger partial charge in [0.15, 0.2) is 0 Å². The third kappa shape index (κ3) is 2.76. The maximum atomic E-state index is 5.41. The van der Waals surface area contributed by atoms with E-state index in [4.69, 9.17) is 4.74 Å². The van der Waals surface area contributed by atoms with Gasteiger partial charge in [0.05, 0.1) is 0 Å². The van der Waals surface area contributed by atoms with Crippen molar-refractivity contribution < 1.29 is 4.74 Å². The van der Waals surface area contributed by atoms with Crippen molar-refractivity contribution >= 4 is 26.7 Å². The molecule has 0 radical (unpaired) electrons. The predicted molar refractivity (Wildman–Crippen MR) is 42.7 cm³/mol. The standard InChI is InChI=1S/C6H10OSSe/c1-2-7-6-5-9-4-3-8-6/h3-4,6H,2,5H2,1H3. The summed E-state index contributed by atoms with van der Waals surface area (Å²) in [5.41, 5.74) is 0.458. The number of thioether (sulfide) groups is 1. The summed E-state index contributed by atoms with van der Waals surface area (Å²) in [5, 5.41) is 3.39. The number of ether oxygens (including phenoxy) is 1. The van der Waals surface area contributed by atoms with Gasteiger partial charge < -0.3 is 0 Å². The van der Waals surface area contributed by atoms with Crippen LogP contribution in [-0.2, 0) is 4.74 Å². The molecule has 0 saturated heterocycles. The molecule has 0 bridgehead atoms. The molecule has 0 aliphatic carbocycles. The fraction of sp³-hybridized carbons (Fsp3) is 0.667. The van der Waals surface area contributed by atoms with E-state index in [0.717, 1.165) is 6.61 Å². The van der Waals surface area contributed by atoms with Gasteiger partial charge in [0.1, 0.15) is 0 Å². The molecule has 0 amide bonds. The summed E-state index contributed by atoms with van der Waals surface area (Å²) >= 11 is 2.50. The zero-order chi connectivity index (χ0) is 6.53. The fourth-order valence-corrected chi connectivity index (χ4v) is 3.78. The molecule has 1 heterocycles. The Hall–Kier alpha value is 0.569. The summed E-state index contributed by atoms with van der Waals surface area (Å²) in [6, 6.07) is 0. The Morgan fingerprint density at radius 2 is 2.78 bits per heavy atom. The van der Waals surface area contributed by atoms with Gasteiger partial charge in [0.2, 0.25) is 0 Å². The number of hydrogen-bond acceptors (Lipinski definition) is 2. The van der Waals surface area contributed by atoms with E-state index in [1.807, 2.05) is 6.92 Å². The van der Waals surface area contributed by atoms with Crippen molar-refractivity contribution in [1.82, 2.24) is 0 Å². The summed E-state index contributed by atoms with van der Waals surface area (Å²) in [5.74, 6) is 0. The van der Waals surface area contributed by atoms with Crippen molar-refractivity contribution in [2.24, 2.45) is 0 Å². The van der Waals surface area contributed by atoms with Gasteiger partial charge >= 0.3 is 66.1 Å². The molecule has 0 fully saturated rings. The first-order valence-corrected chi connectivity index (χ1v) is 6.11. The Morgan fingerprint density at radius 1 is 1.89 bits per heavy atom. The topological polar surface area (TPSA) is 9.23 Å². The van der Waals surface area contributed by atoms with Crippen LogP contribution in [0.1, 0.15) is 6.92 Å². The molecule has 1 aliphatic rings. The molecule has 0 aromatic rings. The van der Waals surface area contributed by atoms with Crippen LogP contribution < -0.4 is 0 Å². The van der Waals surface area contributed by atoms with Crippen molar-refractivity contribution in [2.75, 3.05) is 6.61 Å². The molecule has 3 heteroatoms. The summed E-state index contributed by atoms with van der Waals surface area (Å²) < 4.78 is 5.41. The van der Waals surface area contributed by atoms with Gasteiger partial charge in [-0.1, -0.05) is 0 Å². The van der Waals surface area contributed by atoms with E-state index < -0.39 is 0 Å². The van der Waals surface area contributed by atoms with Gasteiger partial charge in [-0.3, -0.25) is 0 Å². The molecule has 0 aromatic heterocycles. The van der Waals surface area contributed by atoms with Crippen LogP contribution >= 0.6 is 11.8 Å². The molecular weight excluding hydrogens is 199 g/mol. The van der Waals surface area contributed by atoms with Crippen molar-refractivity contribution in [3.63, 3.8) is 0 Å². The Bertz CT molecular complexity index is 105. The van der Waals surface area contributed by atoms with Crippen molar-refractivity contribution in [3.8, 4) is 0 Å². The van der Waals surface area contributed by atoms with Gasteiger partial charge in [0, 0.05) is 0 Å².